The van der Waals surface area contributed by atoms with Gasteiger partial charge in [0.2, 0.25) is 0 Å². The lowest BCUT2D eigenvalue weighted by Crippen LogP contribution is -2.46. The molecule has 5 rings (SSSR count). The average molecular weight is 275 g/mol. The van der Waals surface area contributed by atoms with E-state index in [9.17, 15) is 4.79 Å². The third-order valence-electron chi connectivity index (χ3n) is 5.84. The molecule has 0 saturated heterocycles. The molecule has 4 saturated carbocycles. The molecule has 0 aromatic carbocycles. The van der Waals surface area contributed by atoms with E-state index in [1.165, 1.54) is 32.1 Å². The zero-order chi connectivity index (χ0) is 13.7. The fourth-order valence-electron chi connectivity index (χ4n) is 5.26. The molecular formula is C15H21N3O2. The number of hydrogen-bond acceptors (Lipinski definition) is 3. The van der Waals surface area contributed by atoms with E-state index < -0.39 is 5.97 Å². The third kappa shape index (κ3) is 2.03. The van der Waals surface area contributed by atoms with Gasteiger partial charge in [-0.25, -0.2) is 4.68 Å². The monoisotopic (exact) mass is 275 g/mol. The van der Waals surface area contributed by atoms with Gasteiger partial charge >= 0.3 is 5.97 Å². The fraction of sp³-hybridized carbons (Fsp3) is 0.800. The highest BCUT2D eigenvalue weighted by Crippen LogP contribution is 2.56. The van der Waals surface area contributed by atoms with Gasteiger partial charge in [-0.3, -0.25) is 4.79 Å². The highest BCUT2D eigenvalue weighted by atomic mass is 16.4. The Hall–Kier alpha value is -1.39. The second-order valence-electron chi connectivity index (χ2n) is 7.07. The van der Waals surface area contributed by atoms with Gasteiger partial charge in [-0.2, -0.15) is 0 Å². The molecular weight excluding hydrogens is 254 g/mol. The molecule has 4 aliphatic rings. The van der Waals surface area contributed by atoms with E-state index in [0.717, 1.165) is 35.9 Å². The summed E-state index contributed by atoms with van der Waals surface area (Å²) in [4.78, 5) is 10.9. The van der Waals surface area contributed by atoms with Crippen LogP contribution in [0.15, 0.2) is 6.20 Å². The van der Waals surface area contributed by atoms with Crippen LogP contribution >= 0.6 is 0 Å². The summed E-state index contributed by atoms with van der Waals surface area (Å²) in [5.74, 6) is 3.52. The fourth-order valence-corrected chi connectivity index (χ4v) is 5.26. The first-order valence-electron chi connectivity index (χ1n) is 7.78. The minimum absolute atomic E-state index is 0.0281. The van der Waals surface area contributed by atoms with Crippen LogP contribution in [0.25, 0.3) is 0 Å². The molecule has 0 amide bonds. The summed E-state index contributed by atoms with van der Waals surface area (Å²) in [7, 11) is 0. The van der Waals surface area contributed by atoms with Gasteiger partial charge in [0.25, 0.3) is 0 Å². The molecule has 20 heavy (non-hydrogen) atoms. The summed E-state index contributed by atoms with van der Waals surface area (Å²) in [6, 6.07) is 0. The predicted octanol–water partition coefficient (Wildman–Crippen LogP) is 1.98. The maximum absolute atomic E-state index is 10.9. The average Bonchev–Trinajstić information content (AvgIpc) is 2.79. The van der Waals surface area contributed by atoms with Crippen molar-refractivity contribution in [3.63, 3.8) is 0 Å². The Labute approximate surface area is 118 Å². The number of carboxylic acids is 1. The molecule has 1 aromatic heterocycles. The topological polar surface area (TPSA) is 68.0 Å². The molecule has 5 nitrogen and oxygen atoms in total. The molecule has 108 valence electrons. The zero-order valence-electron chi connectivity index (χ0n) is 11.6. The Balaban J connectivity index is 1.52. The minimum Gasteiger partial charge on any atom is -0.481 e. The van der Waals surface area contributed by atoms with Crippen molar-refractivity contribution >= 4 is 5.97 Å². The lowest BCUT2D eigenvalue weighted by molar-refractivity contribution is -0.136. The third-order valence-corrected chi connectivity index (χ3v) is 5.84. The van der Waals surface area contributed by atoms with E-state index in [-0.39, 0.29) is 6.42 Å². The Morgan fingerprint density at radius 2 is 1.85 bits per heavy atom. The van der Waals surface area contributed by atoms with Crippen LogP contribution in [0, 0.1) is 29.6 Å². The van der Waals surface area contributed by atoms with Crippen LogP contribution in [0.2, 0.25) is 0 Å². The molecule has 4 fully saturated rings. The van der Waals surface area contributed by atoms with Crippen molar-refractivity contribution in [2.45, 2.75) is 45.1 Å². The largest absolute Gasteiger partial charge is 0.481 e. The van der Waals surface area contributed by atoms with Crippen LogP contribution in [0.4, 0.5) is 0 Å². The molecule has 1 aromatic rings. The van der Waals surface area contributed by atoms with Gasteiger partial charge in [0.05, 0.1) is 18.3 Å². The Morgan fingerprint density at radius 1 is 1.20 bits per heavy atom. The van der Waals surface area contributed by atoms with Crippen LogP contribution in [0.5, 0.6) is 0 Å². The number of nitrogens with zero attached hydrogens (tertiary/aromatic N) is 3. The van der Waals surface area contributed by atoms with Crippen LogP contribution in [-0.4, -0.2) is 26.1 Å². The summed E-state index contributed by atoms with van der Waals surface area (Å²) >= 11 is 0. The number of aliphatic carboxylic acids is 1. The Bertz CT molecular complexity index is 497. The Morgan fingerprint density at radius 3 is 2.45 bits per heavy atom. The number of rotatable bonds is 4. The second kappa shape index (κ2) is 4.57. The van der Waals surface area contributed by atoms with Gasteiger partial charge in [-0.15, -0.1) is 5.10 Å². The smallest absolute Gasteiger partial charge is 0.309 e. The van der Waals surface area contributed by atoms with Gasteiger partial charge < -0.3 is 5.11 Å². The van der Waals surface area contributed by atoms with Gasteiger partial charge in [0.15, 0.2) is 0 Å². The highest BCUT2D eigenvalue weighted by molar-refractivity contribution is 5.69. The van der Waals surface area contributed by atoms with E-state index in [4.69, 9.17) is 5.11 Å². The van der Waals surface area contributed by atoms with Crippen LogP contribution in [-0.2, 0) is 17.8 Å². The second-order valence-corrected chi connectivity index (χ2v) is 7.07. The van der Waals surface area contributed by atoms with Gasteiger partial charge in [0, 0.05) is 6.54 Å². The first kappa shape index (κ1) is 12.4. The standard InChI is InChI=1S/C15H21N3O2/c19-15(20)6-13-7-16-17-18(13)8-14-11-2-9-1-10(4-11)5-12(14)3-9/h7,9-12,14H,1-6,8H2,(H,19,20). The van der Waals surface area contributed by atoms with Crippen LogP contribution < -0.4 is 0 Å². The van der Waals surface area contributed by atoms with Crippen molar-refractivity contribution in [3.8, 4) is 0 Å². The number of carbonyl (C=O) groups is 1. The summed E-state index contributed by atoms with van der Waals surface area (Å²) in [5.41, 5.74) is 0.742. The van der Waals surface area contributed by atoms with Gasteiger partial charge in [-0.1, -0.05) is 5.21 Å². The van der Waals surface area contributed by atoms with E-state index >= 15 is 0 Å². The number of hydrogen-bond donors (Lipinski definition) is 1. The summed E-state index contributed by atoms with van der Waals surface area (Å²) in [5, 5.41) is 17.0. The molecule has 0 aliphatic heterocycles. The summed E-state index contributed by atoms with van der Waals surface area (Å²) in [6.07, 6.45) is 8.65. The lowest BCUT2D eigenvalue weighted by atomic mass is 9.52. The van der Waals surface area contributed by atoms with Crippen LogP contribution in [0.1, 0.15) is 37.8 Å². The first-order chi connectivity index (χ1) is 9.69. The van der Waals surface area contributed by atoms with Crippen molar-refractivity contribution in [3.05, 3.63) is 11.9 Å². The van der Waals surface area contributed by atoms with Crippen molar-refractivity contribution in [2.24, 2.45) is 29.6 Å². The molecule has 4 aliphatic carbocycles. The van der Waals surface area contributed by atoms with Gasteiger partial charge in [0.1, 0.15) is 0 Å². The Kier molecular flexibility index (Phi) is 2.82. The van der Waals surface area contributed by atoms with E-state index in [0.29, 0.717) is 5.92 Å². The zero-order valence-corrected chi connectivity index (χ0v) is 11.6. The van der Waals surface area contributed by atoms with Gasteiger partial charge in [-0.05, 0) is 61.7 Å². The van der Waals surface area contributed by atoms with Crippen molar-refractivity contribution in [2.75, 3.05) is 0 Å². The molecule has 1 N–H and O–H groups in total. The summed E-state index contributed by atoms with van der Waals surface area (Å²) < 4.78 is 1.85. The maximum atomic E-state index is 10.9. The van der Waals surface area contributed by atoms with E-state index in [1.54, 1.807) is 6.20 Å². The molecule has 1 heterocycles. The molecule has 0 spiro atoms. The SMILES string of the molecule is O=C(O)Cc1cnnn1CC1C2CC3CC(C2)CC1C3. The van der Waals surface area contributed by atoms with Crippen molar-refractivity contribution in [1.29, 1.82) is 0 Å². The van der Waals surface area contributed by atoms with Crippen molar-refractivity contribution in [1.82, 2.24) is 15.0 Å². The quantitative estimate of drug-likeness (QED) is 0.912. The predicted molar refractivity (Wildman–Crippen MR) is 71.9 cm³/mol. The van der Waals surface area contributed by atoms with Crippen LogP contribution in [0.3, 0.4) is 0 Å². The van der Waals surface area contributed by atoms with Crippen molar-refractivity contribution < 1.29 is 9.90 Å². The molecule has 5 heteroatoms. The molecule has 4 bridgehead atoms. The molecule has 0 radical (unpaired) electrons. The summed E-state index contributed by atoms with van der Waals surface area (Å²) in [6.45, 7) is 0.872. The highest BCUT2D eigenvalue weighted by Gasteiger charge is 2.48. The number of aromatic nitrogens is 3. The lowest BCUT2D eigenvalue weighted by Gasteiger charge is -2.54. The minimum atomic E-state index is -0.807. The molecule has 0 atom stereocenters. The number of carboxylic acid groups (broad SMARTS) is 1. The first-order valence-corrected chi connectivity index (χ1v) is 7.78. The normalized spacial score (nSPS) is 38.3. The maximum Gasteiger partial charge on any atom is 0.309 e. The molecule has 0 unspecified atom stereocenters. The van der Waals surface area contributed by atoms with E-state index in [2.05, 4.69) is 10.3 Å². The van der Waals surface area contributed by atoms with E-state index in [1.807, 2.05) is 4.68 Å².